The third kappa shape index (κ3) is 7.15. The fourth-order valence-corrected chi connectivity index (χ4v) is 0.976. The number of unbranched alkanes of at least 4 members (excludes halogenated alkanes) is 2. The zero-order valence-electron chi connectivity index (χ0n) is 8.11. The van der Waals surface area contributed by atoms with Crippen molar-refractivity contribution in [1.29, 1.82) is 0 Å². The highest BCUT2D eigenvalue weighted by Crippen LogP contribution is 2.19. The molecule has 0 radical (unpaired) electrons. The predicted molar refractivity (Wildman–Crippen MR) is 55.2 cm³/mol. The standard InChI is InChI=1S/C9H16Cl2O2/c1-3-4-5-6-8(12)13-9(2,11)7-10/h3-7H2,1-2H3. The van der Waals surface area contributed by atoms with E-state index in [-0.39, 0.29) is 11.8 Å². The molecule has 1 atom stereocenters. The molecule has 0 N–H and O–H groups in total. The maximum absolute atomic E-state index is 11.1. The zero-order valence-corrected chi connectivity index (χ0v) is 9.62. The third-order valence-electron chi connectivity index (χ3n) is 1.55. The smallest absolute Gasteiger partial charge is 0.307 e. The van der Waals surface area contributed by atoms with Crippen LogP contribution in [0.2, 0.25) is 0 Å². The topological polar surface area (TPSA) is 26.3 Å². The summed E-state index contributed by atoms with van der Waals surface area (Å²) >= 11 is 11.2. The lowest BCUT2D eigenvalue weighted by atomic mass is 10.2. The van der Waals surface area contributed by atoms with Crippen LogP contribution < -0.4 is 0 Å². The molecule has 13 heavy (non-hydrogen) atoms. The highest BCUT2D eigenvalue weighted by Gasteiger charge is 2.23. The van der Waals surface area contributed by atoms with E-state index in [2.05, 4.69) is 6.92 Å². The van der Waals surface area contributed by atoms with Crippen LogP contribution in [0.4, 0.5) is 0 Å². The summed E-state index contributed by atoms with van der Waals surface area (Å²) in [6.07, 6.45) is 3.40. The lowest BCUT2D eigenvalue weighted by molar-refractivity contribution is -0.149. The molecule has 1 unspecified atom stereocenters. The normalized spacial score (nSPS) is 15.1. The average molecular weight is 227 g/mol. The maximum atomic E-state index is 11.1. The Kier molecular flexibility index (Phi) is 6.52. The van der Waals surface area contributed by atoms with E-state index in [0.717, 1.165) is 19.3 Å². The maximum Gasteiger partial charge on any atom is 0.307 e. The second-order valence-corrected chi connectivity index (χ2v) is 4.23. The summed E-state index contributed by atoms with van der Waals surface area (Å²) < 4.78 is 4.93. The monoisotopic (exact) mass is 226 g/mol. The first-order valence-corrected chi connectivity index (χ1v) is 5.40. The van der Waals surface area contributed by atoms with Crippen molar-refractivity contribution in [3.05, 3.63) is 0 Å². The van der Waals surface area contributed by atoms with E-state index >= 15 is 0 Å². The summed E-state index contributed by atoms with van der Waals surface area (Å²) in [4.78, 5) is 11.1. The van der Waals surface area contributed by atoms with Gasteiger partial charge in [0.15, 0.2) is 5.06 Å². The number of esters is 1. The van der Waals surface area contributed by atoms with Gasteiger partial charge in [0.1, 0.15) is 0 Å². The first-order valence-electron chi connectivity index (χ1n) is 4.48. The molecule has 0 aliphatic carbocycles. The molecule has 0 aliphatic rings. The molecule has 0 heterocycles. The van der Waals surface area contributed by atoms with Gasteiger partial charge < -0.3 is 4.74 Å². The van der Waals surface area contributed by atoms with Crippen LogP contribution in [0.1, 0.15) is 39.5 Å². The summed E-state index contributed by atoms with van der Waals surface area (Å²) in [5.41, 5.74) is 0. The Hall–Kier alpha value is 0.0500. The average Bonchev–Trinajstić information content (AvgIpc) is 2.04. The Morgan fingerprint density at radius 1 is 1.46 bits per heavy atom. The van der Waals surface area contributed by atoms with Gasteiger partial charge in [-0.2, -0.15) is 0 Å². The molecule has 0 aromatic rings. The molecular weight excluding hydrogens is 211 g/mol. The highest BCUT2D eigenvalue weighted by molar-refractivity contribution is 6.30. The summed E-state index contributed by atoms with van der Waals surface area (Å²) in [6.45, 7) is 3.66. The van der Waals surface area contributed by atoms with Crippen molar-refractivity contribution in [1.82, 2.24) is 0 Å². The third-order valence-corrected chi connectivity index (χ3v) is 2.41. The molecular formula is C9H16Cl2O2. The summed E-state index contributed by atoms with van der Waals surface area (Å²) in [5, 5.41) is -1.05. The van der Waals surface area contributed by atoms with Gasteiger partial charge in [-0.25, -0.2) is 0 Å². The number of hydrogen-bond acceptors (Lipinski definition) is 2. The predicted octanol–water partition coefficient (Wildman–Crippen LogP) is 3.30. The van der Waals surface area contributed by atoms with Crippen LogP contribution >= 0.6 is 23.2 Å². The molecule has 0 aromatic carbocycles. The Morgan fingerprint density at radius 3 is 2.54 bits per heavy atom. The van der Waals surface area contributed by atoms with E-state index in [0.29, 0.717) is 6.42 Å². The first kappa shape index (κ1) is 13.1. The van der Waals surface area contributed by atoms with Crippen molar-refractivity contribution in [3.8, 4) is 0 Å². The second-order valence-electron chi connectivity index (χ2n) is 3.17. The van der Waals surface area contributed by atoms with Crippen LogP contribution in [-0.2, 0) is 9.53 Å². The summed E-state index contributed by atoms with van der Waals surface area (Å²) in [5.74, 6) is -0.166. The first-order chi connectivity index (χ1) is 6.02. The van der Waals surface area contributed by atoms with Gasteiger partial charge in [-0.3, -0.25) is 4.79 Å². The van der Waals surface area contributed by atoms with E-state index in [4.69, 9.17) is 27.9 Å². The molecule has 0 bridgehead atoms. The van der Waals surface area contributed by atoms with Gasteiger partial charge >= 0.3 is 5.97 Å². The van der Waals surface area contributed by atoms with E-state index in [9.17, 15) is 4.79 Å². The molecule has 0 aromatic heterocycles. The minimum atomic E-state index is -1.05. The van der Waals surface area contributed by atoms with Crippen molar-refractivity contribution in [2.75, 3.05) is 5.88 Å². The molecule has 0 saturated carbocycles. The van der Waals surface area contributed by atoms with Crippen molar-refractivity contribution in [2.24, 2.45) is 0 Å². The Bertz CT molecular complexity index is 158. The zero-order chi connectivity index (χ0) is 10.3. The van der Waals surface area contributed by atoms with Crippen LogP contribution in [0.25, 0.3) is 0 Å². The fraction of sp³-hybridized carbons (Fsp3) is 0.889. The van der Waals surface area contributed by atoms with E-state index in [1.54, 1.807) is 6.92 Å². The summed E-state index contributed by atoms with van der Waals surface area (Å²) in [6, 6.07) is 0. The van der Waals surface area contributed by atoms with Crippen LogP contribution in [0.5, 0.6) is 0 Å². The van der Waals surface area contributed by atoms with Gasteiger partial charge in [0, 0.05) is 6.42 Å². The van der Waals surface area contributed by atoms with Crippen LogP contribution in [0, 0.1) is 0 Å². The molecule has 0 fully saturated rings. The van der Waals surface area contributed by atoms with Crippen LogP contribution in [0.3, 0.4) is 0 Å². The number of hydrogen-bond donors (Lipinski definition) is 0. The molecule has 0 amide bonds. The number of carbonyl (C=O) groups is 1. The van der Waals surface area contributed by atoms with Crippen molar-refractivity contribution < 1.29 is 9.53 Å². The molecule has 4 heteroatoms. The van der Waals surface area contributed by atoms with Crippen molar-refractivity contribution >= 4 is 29.2 Å². The molecule has 78 valence electrons. The van der Waals surface area contributed by atoms with Crippen LogP contribution in [-0.4, -0.2) is 16.9 Å². The molecule has 0 aliphatic heterocycles. The van der Waals surface area contributed by atoms with Crippen molar-refractivity contribution in [3.63, 3.8) is 0 Å². The lowest BCUT2D eigenvalue weighted by Gasteiger charge is -2.19. The highest BCUT2D eigenvalue weighted by atomic mass is 35.5. The number of alkyl halides is 2. The van der Waals surface area contributed by atoms with E-state index < -0.39 is 5.06 Å². The molecule has 0 saturated heterocycles. The number of ether oxygens (including phenoxy) is 1. The van der Waals surface area contributed by atoms with Gasteiger partial charge in [0.2, 0.25) is 0 Å². The van der Waals surface area contributed by atoms with E-state index in [1.165, 1.54) is 0 Å². The van der Waals surface area contributed by atoms with Crippen molar-refractivity contribution in [2.45, 2.75) is 44.6 Å². The lowest BCUT2D eigenvalue weighted by Crippen LogP contribution is -2.26. The SMILES string of the molecule is CCCCCC(=O)OC(C)(Cl)CCl. The Balaban J connectivity index is 3.62. The number of halogens is 2. The largest absolute Gasteiger partial charge is 0.442 e. The Labute approximate surface area is 89.5 Å². The number of rotatable bonds is 6. The van der Waals surface area contributed by atoms with Gasteiger partial charge in [-0.05, 0) is 13.3 Å². The van der Waals surface area contributed by atoms with Gasteiger partial charge in [0.05, 0.1) is 5.88 Å². The van der Waals surface area contributed by atoms with Gasteiger partial charge in [-0.15, -0.1) is 11.6 Å². The minimum Gasteiger partial charge on any atom is -0.442 e. The molecule has 2 nitrogen and oxygen atoms in total. The molecule has 0 rings (SSSR count). The second kappa shape index (κ2) is 6.50. The molecule has 0 spiro atoms. The number of carbonyl (C=O) groups excluding carboxylic acids is 1. The quantitative estimate of drug-likeness (QED) is 0.395. The fourth-order valence-electron chi connectivity index (χ4n) is 0.835. The Morgan fingerprint density at radius 2 is 2.08 bits per heavy atom. The minimum absolute atomic E-state index is 0.105. The van der Waals surface area contributed by atoms with Gasteiger partial charge in [-0.1, -0.05) is 31.4 Å². The van der Waals surface area contributed by atoms with Crippen LogP contribution in [0.15, 0.2) is 0 Å². The van der Waals surface area contributed by atoms with E-state index in [1.807, 2.05) is 0 Å². The summed E-state index contributed by atoms with van der Waals surface area (Å²) in [7, 11) is 0. The van der Waals surface area contributed by atoms with Gasteiger partial charge in [0.25, 0.3) is 0 Å².